The van der Waals surface area contributed by atoms with Gasteiger partial charge < -0.3 is 20.6 Å². The average Bonchev–Trinajstić information content (AvgIpc) is 3.45. The third kappa shape index (κ3) is 3.91. The van der Waals surface area contributed by atoms with Crippen molar-refractivity contribution in [3.05, 3.63) is 65.2 Å². The molecule has 0 aliphatic carbocycles. The van der Waals surface area contributed by atoms with Crippen LogP contribution in [0.15, 0.2) is 48.5 Å². The Hall–Kier alpha value is -2.84. The molecule has 0 radical (unpaired) electrons. The highest BCUT2D eigenvalue weighted by molar-refractivity contribution is 8.02. The monoisotopic (exact) mass is 507 g/mol. The molecule has 190 valence electrons. The number of benzene rings is 2. The van der Waals surface area contributed by atoms with Crippen LogP contribution in [0.25, 0.3) is 0 Å². The first-order valence-corrected chi connectivity index (χ1v) is 13.4. The van der Waals surface area contributed by atoms with Crippen molar-refractivity contribution in [3.63, 3.8) is 0 Å². The number of nitrogens with one attached hydrogen (secondary N) is 2. The van der Waals surface area contributed by atoms with Crippen LogP contribution in [-0.4, -0.2) is 56.9 Å². The first-order chi connectivity index (χ1) is 17.3. The van der Waals surface area contributed by atoms with Crippen LogP contribution in [0.1, 0.15) is 30.0 Å². The number of aliphatic hydroxyl groups excluding tert-OH is 1. The smallest absolute Gasteiger partial charge is 0.248 e. The quantitative estimate of drug-likeness (QED) is 0.535. The normalized spacial score (nSPS) is 30.4. The standard InChI is InChI=1S/C28H33N3O4S/c1-16-9-10-17(2)20(13-16)30-26(34)24-28-18(3)14-21(36-28)22(23(28)27(35)31(24)11-12-32)25(33)29-15-19-7-5-4-6-8-19/h4-10,13,18,21-24,32H,11-12,14-15H2,1-3H3,(H,29,33)(H,30,34)/t18?,21-,22+,23-,24?,28?/m0/s1. The summed E-state index contributed by atoms with van der Waals surface area (Å²) in [5.74, 6) is -1.60. The molecule has 0 aromatic heterocycles. The molecule has 6 atom stereocenters. The third-order valence-electron chi connectivity index (χ3n) is 8.10. The topological polar surface area (TPSA) is 98.7 Å². The Labute approximate surface area is 216 Å². The highest BCUT2D eigenvalue weighted by Crippen LogP contribution is 2.68. The van der Waals surface area contributed by atoms with Crippen molar-refractivity contribution in [2.24, 2.45) is 17.8 Å². The number of amides is 3. The van der Waals surface area contributed by atoms with Crippen LogP contribution < -0.4 is 10.6 Å². The molecule has 0 saturated carbocycles. The van der Waals surface area contributed by atoms with Gasteiger partial charge in [0.05, 0.1) is 23.2 Å². The molecule has 3 aliphatic heterocycles. The fourth-order valence-corrected chi connectivity index (χ4v) is 8.86. The number of thioether (sulfide) groups is 1. The number of likely N-dealkylation sites (tertiary alicyclic amines) is 1. The van der Waals surface area contributed by atoms with E-state index >= 15 is 0 Å². The van der Waals surface area contributed by atoms with E-state index in [0.717, 1.165) is 28.8 Å². The minimum absolute atomic E-state index is 0.0167. The van der Waals surface area contributed by atoms with Gasteiger partial charge in [0.15, 0.2) is 0 Å². The summed E-state index contributed by atoms with van der Waals surface area (Å²) in [6, 6.07) is 14.8. The van der Waals surface area contributed by atoms with Crippen LogP contribution >= 0.6 is 11.8 Å². The van der Waals surface area contributed by atoms with Crippen molar-refractivity contribution in [2.45, 2.75) is 49.8 Å². The highest BCUT2D eigenvalue weighted by atomic mass is 32.2. The number of nitrogens with zero attached hydrogens (tertiary/aromatic N) is 1. The van der Waals surface area contributed by atoms with Gasteiger partial charge in [0.1, 0.15) is 6.04 Å². The number of fused-ring (bicyclic) bond motifs is 1. The molecule has 5 rings (SSSR count). The number of aliphatic hydroxyl groups is 1. The van der Waals surface area contributed by atoms with Crippen molar-refractivity contribution in [3.8, 4) is 0 Å². The second-order valence-corrected chi connectivity index (χ2v) is 11.9. The largest absolute Gasteiger partial charge is 0.395 e. The molecule has 3 aliphatic rings. The SMILES string of the molecule is Cc1ccc(C)c(NC(=O)C2N(CCO)C(=O)[C@@H]3[C@H](C(=O)NCc4ccccc4)[C@@H]4CC(C)C23S4)c1. The van der Waals surface area contributed by atoms with Gasteiger partial charge in [0, 0.05) is 24.0 Å². The molecule has 3 N–H and O–H groups in total. The first-order valence-electron chi connectivity index (χ1n) is 12.6. The van der Waals surface area contributed by atoms with E-state index < -0.39 is 22.6 Å². The highest BCUT2D eigenvalue weighted by Gasteiger charge is 2.75. The van der Waals surface area contributed by atoms with Crippen molar-refractivity contribution in [2.75, 3.05) is 18.5 Å². The van der Waals surface area contributed by atoms with Gasteiger partial charge in [0.2, 0.25) is 17.7 Å². The van der Waals surface area contributed by atoms with E-state index in [-0.39, 0.29) is 42.0 Å². The minimum Gasteiger partial charge on any atom is -0.395 e. The van der Waals surface area contributed by atoms with E-state index in [9.17, 15) is 19.5 Å². The maximum atomic E-state index is 13.9. The van der Waals surface area contributed by atoms with Gasteiger partial charge in [-0.2, -0.15) is 0 Å². The molecule has 3 heterocycles. The molecule has 7 nitrogen and oxygen atoms in total. The van der Waals surface area contributed by atoms with Gasteiger partial charge in [-0.25, -0.2) is 0 Å². The van der Waals surface area contributed by atoms with Crippen LogP contribution in [0.4, 0.5) is 5.69 Å². The lowest BCUT2D eigenvalue weighted by molar-refractivity contribution is -0.140. The number of β-amino-alcohol motifs (C(OH)–C–C–N with tert-alkyl or cyclic N) is 1. The van der Waals surface area contributed by atoms with E-state index in [4.69, 9.17) is 0 Å². The number of hydrogen-bond donors (Lipinski definition) is 3. The van der Waals surface area contributed by atoms with Crippen LogP contribution in [-0.2, 0) is 20.9 Å². The Bertz CT molecular complexity index is 1190. The van der Waals surface area contributed by atoms with Crippen LogP contribution in [0, 0.1) is 31.6 Å². The zero-order valence-electron chi connectivity index (χ0n) is 20.9. The van der Waals surface area contributed by atoms with Crippen LogP contribution in [0.3, 0.4) is 0 Å². The molecule has 8 heteroatoms. The Morgan fingerprint density at radius 3 is 2.61 bits per heavy atom. The van der Waals surface area contributed by atoms with Gasteiger partial charge in [-0.3, -0.25) is 14.4 Å². The maximum Gasteiger partial charge on any atom is 0.248 e. The summed E-state index contributed by atoms with van der Waals surface area (Å²) in [6.07, 6.45) is 0.776. The molecule has 3 amide bonds. The van der Waals surface area contributed by atoms with E-state index in [1.165, 1.54) is 4.90 Å². The summed E-state index contributed by atoms with van der Waals surface area (Å²) in [5, 5.41) is 15.9. The molecule has 36 heavy (non-hydrogen) atoms. The zero-order chi connectivity index (χ0) is 25.6. The lowest BCUT2D eigenvalue weighted by atomic mass is 9.66. The van der Waals surface area contributed by atoms with Gasteiger partial charge >= 0.3 is 0 Å². The van der Waals surface area contributed by atoms with E-state index in [1.807, 2.05) is 62.4 Å². The van der Waals surface area contributed by atoms with E-state index in [1.54, 1.807) is 11.8 Å². The molecule has 1 spiro atoms. The minimum atomic E-state index is -0.751. The molecule has 3 unspecified atom stereocenters. The molecular formula is C28H33N3O4S. The summed E-state index contributed by atoms with van der Waals surface area (Å²) in [5.41, 5.74) is 3.69. The number of hydrogen-bond acceptors (Lipinski definition) is 5. The summed E-state index contributed by atoms with van der Waals surface area (Å²) in [4.78, 5) is 42.7. The third-order valence-corrected chi connectivity index (χ3v) is 10.2. The zero-order valence-corrected chi connectivity index (χ0v) is 21.7. The molecule has 3 fully saturated rings. The number of anilines is 1. The van der Waals surface area contributed by atoms with E-state index in [2.05, 4.69) is 17.6 Å². The van der Waals surface area contributed by atoms with Gasteiger partial charge in [-0.15, -0.1) is 11.8 Å². The Morgan fingerprint density at radius 2 is 1.89 bits per heavy atom. The number of carbonyl (C=O) groups is 3. The van der Waals surface area contributed by atoms with Crippen molar-refractivity contribution in [1.29, 1.82) is 0 Å². The van der Waals surface area contributed by atoms with Crippen LogP contribution in [0.5, 0.6) is 0 Å². The maximum absolute atomic E-state index is 13.9. The van der Waals surface area contributed by atoms with Crippen molar-refractivity contribution < 1.29 is 19.5 Å². The fourth-order valence-electron chi connectivity index (χ4n) is 6.44. The molecular weight excluding hydrogens is 474 g/mol. The fraction of sp³-hybridized carbons (Fsp3) is 0.464. The lowest BCUT2D eigenvalue weighted by Crippen LogP contribution is -2.55. The molecule has 2 aromatic rings. The Balaban J connectivity index is 1.45. The second-order valence-electron chi connectivity index (χ2n) is 10.3. The second kappa shape index (κ2) is 9.56. The van der Waals surface area contributed by atoms with Crippen LogP contribution in [0.2, 0.25) is 0 Å². The number of aryl methyl sites for hydroxylation is 2. The van der Waals surface area contributed by atoms with Gasteiger partial charge in [-0.05, 0) is 48.9 Å². The first kappa shape index (κ1) is 24.8. The molecule has 3 saturated heterocycles. The van der Waals surface area contributed by atoms with Gasteiger partial charge in [-0.1, -0.05) is 49.4 Å². The predicted molar refractivity (Wildman–Crippen MR) is 140 cm³/mol. The molecule has 2 aromatic carbocycles. The number of carbonyl (C=O) groups excluding carboxylic acids is 3. The summed E-state index contributed by atoms with van der Waals surface area (Å²) >= 11 is 1.64. The Morgan fingerprint density at radius 1 is 1.14 bits per heavy atom. The lowest BCUT2D eigenvalue weighted by Gasteiger charge is -2.38. The Kier molecular flexibility index (Phi) is 6.59. The summed E-state index contributed by atoms with van der Waals surface area (Å²) < 4.78 is -0.701. The van der Waals surface area contributed by atoms with Crippen molar-refractivity contribution >= 4 is 35.2 Å². The molecule has 2 bridgehead atoms. The average molecular weight is 508 g/mol. The van der Waals surface area contributed by atoms with E-state index in [0.29, 0.717) is 6.54 Å². The summed E-state index contributed by atoms with van der Waals surface area (Å²) in [7, 11) is 0. The summed E-state index contributed by atoms with van der Waals surface area (Å²) in [6.45, 7) is 6.22. The van der Waals surface area contributed by atoms with Gasteiger partial charge in [0.25, 0.3) is 0 Å². The number of rotatable bonds is 7. The van der Waals surface area contributed by atoms with Crippen molar-refractivity contribution in [1.82, 2.24) is 10.2 Å². The predicted octanol–water partition coefficient (Wildman–Crippen LogP) is 2.89.